The zero-order chi connectivity index (χ0) is 48.9. The molecular formula is C54H94O12S. The van der Waals surface area contributed by atoms with Gasteiger partial charge in [-0.2, -0.15) is 8.42 Å². The Hall–Kier alpha value is -2.46. The minimum absolute atomic E-state index is 0.0117. The van der Waals surface area contributed by atoms with Crippen LogP contribution in [0.4, 0.5) is 0 Å². The Morgan fingerprint density at radius 2 is 1.03 bits per heavy atom. The minimum atomic E-state index is -5.07. The predicted octanol–water partition coefficient (Wildman–Crippen LogP) is 12.2. The van der Waals surface area contributed by atoms with Crippen LogP contribution in [0.2, 0.25) is 0 Å². The van der Waals surface area contributed by atoms with Crippen LogP contribution in [0, 0.1) is 0 Å². The van der Waals surface area contributed by atoms with Gasteiger partial charge in [0.25, 0.3) is 0 Å². The monoisotopic (exact) mass is 967 g/mol. The molecule has 0 aromatic carbocycles. The Balaban J connectivity index is 2.39. The van der Waals surface area contributed by atoms with Gasteiger partial charge in [-0.1, -0.05) is 202 Å². The summed E-state index contributed by atoms with van der Waals surface area (Å²) >= 11 is 0. The van der Waals surface area contributed by atoms with E-state index >= 15 is 0 Å². The summed E-state index contributed by atoms with van der Waals surface area (Å²) in [5.41, 5.74) is 0. The van der Waals surface area contributed by atoms with E-state index in [-0.39, 0.29) is 19.6 Å². The molecule has 0 aromatic heterocycles. The normalized spacial score (nSPS) is 20.0. The first-order chi connectivity index (χ1) is 32.6. The molecule has 1 aliphatic heterocycles. The zero-order valence-electron chi connectivity index (χ0n) is 41.7. The van der Waals surface area contributed by atoms with Gasteiger partial charge in [-0.05, 0) is 64.2 Å². The average molecular weight is 967 g/mol. The van der Waals surface area contributed by atoms with Crippen molar-refractivity contribution in [1.82, 2.24) is 0 Å². The second-order valence-corrected chi connectivity index (χ2v) is 18.8. The van der Waals surface area contributed by atoms with Crippen molar-refractivity contribution in [3.8, 4) is 0 Å². The highest BCUT2D eigenvalue weighted by atomic mass is 32.3. The number of hydrogen-bond acceptors (Lipinski definition) is 11. The van der Waals surface area contributed by atoms with Crippen LogP contribution >= 0.6 is 0 Å². The van der Waals surface area contributed by atoms with E-state index in [2.05, 4.69) is 90.9 Å². The summed E-state index contributed by atoms with van der Waals surface area (Å²) in [6.07, 6.45) is 49.3. The molecule has 0 spiro atoms. The standard InChI is InChI=1S/C54H94O12S/c1-3-5-7-9-11-13-15-17-19-21-23-24-25-26-28-30-32-34-36-38-40-42-44-62-46-48(47-63-54-52(58)53(66-67(59,60)61)51(57)49(45-55)65-54)64-50(56)43-41-39-37-35-33-31-29-27-22-20-18-16-14-12-10-8-6-4-2/h5,7,11,13,17,19,23-24,26,28,32,34,48-49,51-55,57-58H,3-4,6,8-10,12,14-16,18,20-22,25,27,29-31,33,35-47H2,1-2H3,(H,59,60,61)/b7-5-,13-11-,19-17-,24-23-,28-26-,34-32-. The second kappa shape index (κ2) is 44.7. The number of unbranched alkanes of at least 4 members (excludes halogenated alkanes) is 20. The molecule has 388 valence electrons. The maximum atomic E-state index is 12.9. The predicted molar refractivity (Wildman–Crippen MR) is 271 cm³/mol. The van der Waals surface area contributed by atoms with Gasteiger partial charge in [-0.15, -0.1) is 0 Å². The molecule has 0 aliphatic carbocycles. The molecule has 0 saturated carbocycles. The van der Waals surface area contributed by atoms with E-state index in [9.17, 15) is 33.1 Å². The van der Waals surface area contributed by atoms with Gasteiger partial charge < -0.3 is 34.3 Å². The van der Waals surface area contributed by atoms with E-state index in [1.807, 2.05) is 0 Å². The molecule has 12 nitrogen and oxygen atoms in total. The third kappa shape index (κ3) is 38.0. The Bertz CT molecular complexity index is 1440. The lowest BCUT2D eigenvalue weighted by Crippen LogP contribution is -2.60. The second-order valence-electron chi connectivity index (χ2n) is 17.7. The minimum Gasteiger partial charge on any atom is -0.457 e. The van der Waals surface area contributed by atoms with E-state index in [0.29, 0.717) is 13.0 Å². The van der Waals surface area contributed by atoms with Crippen LogP contribution in [0.15, 0.2) is 72.9 Å². The number of hydrogen-bond donors (Lipinski definition) is 4. The molecule has 1 fully saturated rings. The van der Waals surface area contributed by atoms with Crippen LogP contribution in [-0.4, -0.2) is 97.5 Å². The van der Waals surface area contributed by atoms with E-state index in [1.54, 1.807) is 0 Å². The van der Waals surface area contributed by atoms with E-state index in [1.165, 1.54) is 89.9 Å². The molecular weight excluding hydrogens is 873 g/mol. The molecule has 0 aromatic rings. The third-order valence-corrected chi connectivity index (χ3v) is 12.1. The van der Waals surface area contributed by atoms with Gasteiger partial charge in [-0.25, -0.2) is 4.18 Å². The van der Waals surface area contributed by atoms with Crippen LogP contribution in [0.3, 0.4) is 0 Å². The number of esters is 1. The Kier molecular flexibility index (Phi) is 41.8. The fraction of sp³-hybridized carbons (Fsp3) is 0.759. The van der Waals surface area contributed by atoms with Gasteiger partial charge in [0.1, 0.15) is 30.5 Å². The fourth-order valence-corrected chi connectivity index (χ4v) is 8.18. The molecule has 1 heterocycles. The molecule has 67 heavy (non-hydrogen) atoms. The molecule has 1 rings (SSSR count). The Labute approximate surface area is 407 Å². The number of carbonyl (C=O) groups excluding carboxylic acids is 1. The summed E-state index contributed by atoms with van der Waals surface area (Å²) in [7, 11) is -5.07. The topological polar surface area (TPSA) is 178 Å². The third-order valence-electron chi connectivity index (χ3n) is 11.6. The summed E-state index contributed by atoms with van der Waals surface area (Å²) < 4.78 is 59.2. The Morgan fingerprint density at radius 3 is 1.49 bits per heavy atom. The molecule has 4 N–H and O–H groups in total. The van der Waals surface area contributed by atoms with Gasteiger partial charge in [0.2, 0.25) is 0 Å². The Morgan fingerprint density at radius 1 is 0.582 bits per heavy atom. The quantitative estimate of drug-likeness (QED) is 0.0197. The number of aliphatic hydroxyl groups excluding tert-OH is 3. The maximum absolute atomic E-state index is 12.9. The van der Waals surface area contributed by atoms with Gasteiger partial charge in [-0.3, -0.25) is 9.35 Å². The molecule has 0 radical (unpaired) electrons. The van der Waals surface area contributed by atoms with Crippen molar-refractivity contribution in [3.05, 3.63) is 72.9 Å². The lowest BCUT2D eigenvalue weighted by molar-refractivity contribution is -0.301. The largest absolute Gasteiger partial charge is 0.457 e. The number of aliphatic hydroxyl groups is 3. The van der Waals surface area contributed by atoms with Crippen molar-refractivity contribution in [2.24, 2.45) is 0 Å². The highest BCUT2D eigenvalue weighted by Gasteiger charge is 2.48. The molecule has 6 unspecified atom stereocenters. The highest BCUT2D eigenvalue weighted by molar-refractivity contribution is 7.80. The maximum Gasteiger partial charge on any atom is 0.397 e. The summed E-state index contributed by atoms with van der Waals surface area (Å²) in [4.78, 5) is 12.9. The summed E-state index contributed by atoms with van der Waals surface area (Å²) in [6, 6.07) is 0. The first-order valence-electron chi connectivity index (χ1n) is 26.2. The van der Waals surface area contributed by atoms with Gasteiger partial charge in [0, 0.05) is 13.0 Å². The SMILES string of the molecule is CC/C=C\C/C=C\C/C=C\C/C=C\C/C=C\C/C=C\CCCCCOCC(COC1OC(CO)C(O)C(OS(=O)(=O)O)C1O)OC(=O)CCCCCCCCCCCCCCCCCCCC. The number of rotatable bonds is 45. The summed E-state index contributed by atoms with van der Waals surface area (Å²) in [5.74, 6) is -0.411. The van der Waals surface area contributed by atoms with Crippen molar-refractivity contribution in [2.45, 2.75) is 237 Å². The molecule has 13 heteroatoms. The van der Waals surface area contributed by atoms with E-state index < -0.39 is 59.8 Å². The van der Waals surface area contributed by atoms with Crippen LogP contribution < -0.4 is 0 Å². The molecule has 1 saturated heterocycles. The summed E-state index contributed by atoms with van der Waals surface area (Å²) in [6.45, 7) is 3.81. The molecule has 0 amide bonds. The summed E-state index contributed by atoms with van der Waals surface area (Å²) in [5, 5.41) is 30.8. The van der Waals surface area contributed by atoms with Crippen molar-refractivity contribution < 1.29 is 56.2 Å². The van der Waals surface area contributed by atoms with Crippen LogP contribution in [0.1, 0.15) is 200 Å². The molecule has 1 aliphatic rings. The fourth-order valence-electron chi connectivity index (χ4n) is 7.68. The van der Waals surface area contributed by atoms with Crippen molar-refractivity contribution in [2.75, 3.05) is 26.4 Å². The van der Waals surface area contributed by atoms with Crippen LogP contribution in [-0.2, 0) is 38.3 Å². The number of ether oxygens (including phenoxy) is 4. The molecule has 6 atom stereocenters. The van der Waals surface area contributed by atoms with Crippen LogP contribution in [0.5, 0.6) is 0 Å². The average Bonchev–Trinajstić information content (AvgIpc) is 3.30. The van der Waals surface area contributed by atoms with E-state index in [4.69, 9.17) is 18.9 Å². The number of carbonyl (C=O) groups is 1. The van der Waals surface area contributed by atoms with Crippen molar-refractivity contribution in [3.63, 3.8) is 0 Å². The van der Waals surface area contributed by atoms with Gasteiger partial charge in [0.05, 0.1) is 19.8 Å². The zero-order valence-corrected chi connectivity index (χ0v) is 42.5. The number of allylic oxidation sites excluding steroid dienone is 12. The van der Waals surface area contributed by atoms with Crippen molar-refractivity contribution >= 4 is 16.4 Å². The lowest BCUT2D eigenvalue weighted by Gasteiger charge is -2.41. The lowest BCUT2D eigenvalue weighted by atomic mass is 9.99. The van der Waals surface area contributed by atoms with Crippen LogP contribution in [0.25, 0.3) is 0 Å². The highest BCUT2D eigenvalue weighted by Crippen LogP contribution is 2.26. The van der Waals surface area contributed by atoms with Crippen molar-refractivity contribution in [1.29, 1.82) is 0 Å². The molecule has 0 bridgehead atoms. The first kappa shape index (κ1) is 62.6. The van der Waals surface area contributed by atoms with Gasteiger partial charge in [0.15, 0.2) is 6.29 Å². The first-order valence-corrected chi connectivity index (χ1v) is 27.6. The van der Waals surface area contributed by atoms with E-state index in [0.717, 1.165) is 83.5 Å². The van der Waals surface area contributed by atoms with Gasteiger partial charge >= 0.3 is 16.4 Å². The smallest absolute Gasteiger partial charge is 0.397 e.